The molecule has 27 heavy (non-hydrogen) atoms. The Labute approximate surface area is 156 Å². The lowest BCUT2D eigenvalue weighted by Gasteiger charge is -2.37. The van der Waals surface area contributed by atoms with Gasteiger partial charge in [-0.1, -0.05) is 0 Å². The number of fused-ring (bicyclic) bond motifs is 1. The zero-order chi connectivity index (χ0) is 19.0. The second-order valence-electron chi connectivity index (χ2n) is 7.19. The number of amides is 2. The molecule has 8 heteroatoms. The normalized spacial score (nSPS) is 22.1. The zero-order valence-corrected chi connectivity index (χ0v) is 15.1. The predicted molar refractivity (Wildman–Crippen MR) is 94.4 cm³/mol. The molecule has 144 valence electrons. The average Bonchev–Trinajstić information content (AvgIpc) is 3.07. The average molecular weight is 376 g/mol. The van der Waals surface area contributed by atoms with Gasteiger partial charge >= 0.3 is 6.03 Å². The van der Waals surface area contributed by atoms with Crippen molar-refractivity contribution in [2.75, 3.05) is 13.2 Å². The van der Waals surface area contributed by atoms with Gasteiger partial charge in [0.1, 0.15) is 12.4 Å². The summed E-state index contributed by atoms with van der Waals surface area (Å²) in [5.74, 6) is -1.27. The topological polar surface area (TPSA) is 59.4 Å². The number of ether oxygens (including phenoxy) is 1. The first kappa shape index (κ1) is 17.8. The molecule has 1 N–H and O–H groups in total. The summed E-state index contributed by atoms with van der Waals surface area (Å²) in [6.07, 6.45) is 6.96. The number of hydrogen-bond acceptors (Lipinski definition) is 3. The van der Waals surface area contributed by atoms with E-state index in [9.17, 15) is 13.6 Å². The van der Waals surface area contributed by atoms with Crippen LogP contribution in [-0.4, -0.2) is 39.9 Å². The fourth-order valence-corrected chi connectivity index (χ4v) is 3.92. The Bertz CT molecular complexity index is 854. The number of nitrogens with zero attached hydrogens (tertiary/aromatic N) is 3. The number of urea groups is 1. The number of nitrogens with one attached hydrogen (secondary N) is 1. The van der Waals surface area contributed by atoms with Gasteiger partial charge in [0.05, 0.1) is 18.3 Å². The van der Waals surface area contributed by atoms with E-state index < -0.39 is 11.6 Å². The van der Waals surface area contributed by atoms with Gasteiger partial charge in [0.15, 0.2) is 11.6 Å². The van der Waals surface area contributed by atoms with Crippen molar-refractivity contribution in [3.8, 4) is 5.75 Å². The molecule has 2 atom stereocenters. The molecule has 0 aliphatic carbocycles. The number of benzene rings is 1. The standard InChI is InChI=1S/C19H22F2N4O2/c1-24-10-13(9-22-24)17-4-2-3-5-25(17)19(26)23-15-7-12-6-14(20)8-16(21)18(12)27-11-15/h6,8-10,15,17H,2-5,7,11H2,1H3,(H,23,26). The number of carbonyl (C=O) groups is 1. The van der Waals surface area contributed by atoms with Crippen molar-refractivity contribution >= 4 is 6.03 Å². The van der Waals surface area contributed by atoms with E-state index >= 15 is 0 Å². The van der Waals surface area contributed by atoms with E-state index in [-0.39, 0.29) is 30.5 Å². The SMILES string of the molecule is Cn1cc(C2CCCCN2C(=O)NC2COc3c(F)cc(F)cc3C2)cn1. The Morgan fingerprint density at radius 3 is 2.96 bits per heavy atom. The van der Waals surface area contributed by atoms with E-state index in [4.69, 9.17) is 4.74 Å². The van der Waals surface area contributed by atoms with Crippen LogP contribution in [0.1, 0.15) is 36.4 Å². The summed E-state index contributed by atoms with van der Waals surface area (Å²) in [7, 11) is 1.85. The molecule has 6 nitrogen and oxygen atoms in total. The summed E-state index contributed by atoms with van der Waals surface area (Å²) in [5.41, 5.74) is 1.45. The molecule has 2 aromatic rings. The maximum absolute atomic E-state index is 13.8. The van der Waals surface area contributed by atoms with Gasteiger partial charge in [0.25, 0.3) is 0 Å². The molecule has 1 aromatic heterocycles. The Kier molecular flexibility index (Phi) is 4.72. The monoisotopic (exact) mass is 376 g/mol. The summed E-state index contributed by atoms with van der Waals surface area (Å²) in [6, 6.07) is 1.54. The van der Waals surface area contributed by atoms with Crippen LogP contribution in [0.5, 0.6) is 5.75 Å². The van der Waals surface area contributed by atoms with E-state index in [0.717, 1.165) is 30.9 Å². The molecule has 2 aliphatic rings. The minimum atomic E-state index is -0.706. The molecule has 2 aliphatic heterocycles. The Morgan fingerprint density at radius 2 is 2.19 bits per heavy atom. The first-order chi connectivity index (χ1) is 13.0. The second kappa shape index (κ2) is 7.17. The number of rotatable bonds is 2. The third-order valence-electron chi connectivity index (χ3n) is 5.18. The zero-order valence-electron chi connectivity index (χ0n) is 15.1. The van der Waals surface area contributed by atoms with Gasteiger partial charge in [-0.05, 0) is 31.7 Å². The van der Waals surface area contributed by atoms with Gasteiger partial charge in [0, 0.05) is 37.0 Å². The van der Waals surface area contributed by atoms with Gasteiger partial charge in [-0.25, -0.2) is 13.6 Å². The number of aromatic nitrogens is 2. The molecule has 0 saturated carbocycles. The van der Waals surface area contributed by atoms with Crippen molar-refractivity contribution in [1.82, 2.24) is 20.0 Å². The van der Waals surface area contributed by atoms with Crippen LogP contribution in [0.4, 0.5) is 13.6 Å². The maximum Gasteiger partial charge on any atom is 0.318 e. The molecule has 2 unspecified atom stereocenters. The van der Waals surface area contributed by atoms with Crippen LogP contribution in [0.2, 0.25) is 0 Å². The van der Waals surface area contributed by atoms with Crippen molar-refractivity contribution in [2.24, 2.45) is 7.05 Å². The third kappa shape index (κ3) is 3.61. The first-order valence-corrected chi connectivity index (χ1v) is 9.17. The summed E-state index contributed by atoms with van der Waals surface area (Å²) in [4.78, 5) is 14.7. The fourth-order valence-electron chi connectivity index (χ4n) is 3.92. The van der Waals surface area contributed by atoms with Crippen LogP contribution < -0.4 is 10.1 Å². The maximum atomic E-state index is 13.8. The van der Waals surface area contributed by atoms with Crippen LogP contribution in [0.15, 0.2) is 24.5 Å². The van der Waals surface area contributed by atoms with Crippen LogP contribution >= 0.6 is 0 Å². The highest BCUT2D eigenvalue weighted by Crippen LogP contribution is 2.32. The molecule has 0 radical (unpaired) electrons. The Morgan fingerprint density at radius 1 is 1.33 bits per heavy atom. The molecule has 1 fully saturated rings. The van der Waals surface area contributed by atoms with Crippen molar-refractivity contribution < 1.29 is 18.3 Å². The number of hydrogen-bond donors (Lipinski definition) is 1. The third-order valence-corrected chi connectivity index (χ3v) is 5.18. The minimum Gasteiger partial charge on any atom is -0.488 e. The van der Waals surface area contributed by atoms with Gasteiger partial charge in [-0.15, -0.1) is 0 Å². The minimum absolute atomic E-state index is 0.0147. The molecule has 1 saturated heterocycles. The van der Waals surface area contributed by atoms with Gasteiger partial charge in [0.2, 0.25) is 0 Å². The number of halogens is 2. The second-order valence-corrected chi connectivity index (χ2v) is 7.19. The summed E-state index contributed by atoms with van der Waals surface area (Å²) in [6.45, 7) is 0.825. The summed E-state index contributed by atoms with van der Waals surface area (Å²) in [5, 5.41) is 7.17. The van der Waals surface area contributed by atoms with Crippen LogP contribution in [0, 0.1) is 11.6 Å². The van der Waals surface area contributed by atoms with Gasteiger partial charge in [-0.2, -0.15) is 5.10 Å². The Hall–Kier alpha value is -2.64. The lowest BCUT2D eigenvalue weighted by atomic mass is 9.97. The highest BCUT2D eigenvalue weighted by Gasteiger charge is 2.31. The molecule has 3 heterocycles. The van der Waals surface area contributed by atoms with Crippen molar-refractivity contribution in [3.63, 3.8) is 0 Å². The van der Waals surface area contributed by atoms with E-state index in [2.05, 4.69) is 10.4 Å². The fraction of sp³-hybridized carbons (Fsp3) is 0.474. The van der Waals surface area contributed by atoms with Crippen molar-refractivity contribution in [2.45, 2.75) is 37.8 Å². The Balaban J connectivity index is 1.46. The van der Waals surface area contributed by atoms with Gasteiger partial charge in [-0.3, -0.25) is 4.68 Å². The quantitative estimate of drug-likeness (QED) is 0.877. The molecular formula is C19H22F2N4O2. The predicted octanol–water partition coefficient (Wildman–Crippen LogP) is 2.94. The van der Waals surface area contributed by atoms with Crippen molar-refractivity contribution in [3.05, 3.63) is 47.3 Å². The first-order valence-electron chi connectivity index (χ1n) is 9.17. The molecule has 0 spiro atoms. The molecule has 2 amide bonds. The van der Waals surface area contributed by atoms with Crippen LogP contribution in [-0.2, 0) is 13.5 Å². The number of likely N-dealkylation sites (tertiary alicyclic amines) is 1. The molecule has 0 bridgehead atoms. The smallest absolute Gasteiger partial charge is 0.318 e. The summed E-state index contributed by atoms with van der Waals surface area (Å²) < 4.78 is 34.4. The highest BCUT2D eigenvalue weighted by molar-refractivity contribution is 5.75. The number of carbonyl (C=O) groups excluding carboxylic acids is 1. The molecule has 4 rings (SSSR count). The van der Waals surface area contributed by atoms with Crippen LogP contribution in [0.3, 0.4) is 0 Å². The van der Waals surface area contributed by atoms with Gasteiger partial charge < -0.3 is 15.0 Å². The number of piperidine rings is 1. The lowest BCUT2D eigenvalue weighted by molar-refractivity contribution is 0.141. The van der Waals surface area contributed by atoms with E-state index in [1.165, 1.54) is 6.07 Å². The van der Waals surface area contributed by atoms with E-state index in [1.54, 1.807) is 10.9 Å². The highest BCUT2D eigenvalue weighted by atomic mass is 19.1. The lowest BCUT2D eigenvalue weighted by Crippen LogP contribution is -2.51. The van der Waals surface area contributed by atoms with Crippen LogP contribution in [0.25, 0.3) is 0 Å². The largest absolute Gasteiger partial charge is 0.488 e. The van der Waals surface area contributed by atoms with E-state index in [1.807, 2.05) is 18.1 Å². The number of aryl methyl sites for hydroxylation is 1. The van der Waals surface area contributed by atoms with Crippen molar-refractivity contribution in [1.29, 1.82) is 0 Å². The van der Waals surface area contributed by atoms with E-state index in [0.29, 0.717) is 18.5 Å². The molecular weight excluding hydrogens is 354 g/mol. The summed E-state index contributed by atoms with van der Waals surface area (Å²) >= 11 is 0. The molecule has 1 aromatic carbocycles.